The van der Waals surface area contributed by atoms with E-state index in [2.05, 4.69) is 19.1 Å². The molecular formula is C9H16O. The highest BCUT2D eigenvalue weighted by Crippen LogP contribution is 2.38. The molecule has 1 rings (SSSR count). The molecule has 58 valence electrons. The molecule has 10 heavy (non-hydrogen) atoms. The first-order chi connectivity index (χ1) is 4.83. The fourth-order valence-electron chi connectivity index (χ4n) is 1.69. The number of rotatable bonds is 3. The highest BCUT2D eigenvalue weighted by atomic mass is 16.3. The van der Waals surface area contributed by atoms with Crippen LogP contribution in [0.2, 0.25) is 0 Å². The van der Waals surface area contributed by atoms with Crippen LogP contribution in [0.15, 0.2) is 12.2 Å². The van der Waals surface area contributed by atoms with E-state index >= 15 is 0 Å². The highest BCUT2D eigenvalue weighted by molar-refractivity contribution is 5.05. The summed E-state index contributed by atoms with van der Waals surface area (Å²) in [5, 5.41) is 8.79. The average molecular weight is 140 g/mol. The molecule has 0 heterocycles. The van der Waals surface area contributed by atoms with Crippen molar-refractivity contribution in [2.45, 2.75) is 32.6 Å². The Morgan fingerprint density at radius 1 is 1.60 bits per heavy atom. The van der Waals surface area contributed by atoms with Crippen LogP contribution in [0.5, 0.6) is 0 Å². The van der Waals surface area contributed by atoms with Crippen LogP contribution in [0.25, 0.3) is 0 Å². The van der Waals surface area contributed by atoms with Crippen LogP contribution in [0, 0.1) is 5.41 Å². The fourth-order valence-corrected chi connectivity index (χ4v) is 1.69. The first-order valence-corrected chi connectivity index (χ1v) is 4.11. The molecule has 0 aromatic rings. The highest BCUT2D eigenvalue weighted by Gasteiger charge is 2.26. The van der Waals surface area contributed by atoms with E-state index in [0.717, 1.165) is 6.42 Å². The quantitative estimate of drug-likeness (QED) is 0.595. The molecule has 1 heteroatoms. The normalized spacial score (nSPS) is 31.4. The molecule has 0 radical (unpaired) electrons. The topological polar surface area (TPSA) is 20.2 Å². The van der Waals surface area contributed by atoms with Crippen molar-refractivity contribution in [3.8, 4) is 0 Å². The van der Waals surface area contributed by atoms with Gasteiger partial charge in [-0.25, -0.2) is 0 Å². The second-order valence-corrected chi connectivity index (χ2v) is 3.13. The number of aliphatic hydroxyl groups excluding tert-OH is 1. The van der Waals surface area contributed by atoms with Gasteiger partial charge >= 0.3 is 0 Å². The largest absolute Gasteiger partial charge is 0.396 e. The van der Waals surface area contributed by atoms with Crippen molar-refractivity contribution in [3.05, 3.63) is 12.2 Å². The smallest absolute Gasteiger partial charge is 0.0439 e. The van der Waals surface area contributed by atoms with E-state index in [1.807, 2.05) is 0 Å². The molecule has 1 atom stereocenters. The second kappa shape index (κ2) is 3.20. The van der Waals surface area contributed by atoms with Gasteiger partial charge in [-0.2, -0.15) is 0 Å². The molecule has 0 saturated carbocycles. The van der Waals surface area contributed by atoms with Gasteiger partial charge in [0.2, 0.25) is 0 Å². The van der Waals surface area contributed by atoms with Crippen molar-refractivity contribution in [2.75, 3.05) is 6.61 Å². The van der Waals surface area contributed by atoms with Crippen molar-refractivity contribution in [1.82, 2.24) is 0 Å². The lowest BCUT2D eigenvalue weighted by Crippen LogP contribution is -2.15. The van der Waals surface area contributed by atoms with Crippen molar-refractivity contribution >= 4 is 0 Å². The number of hydrogen-bond donors (Lipinski definition) is 1. The Morgan fingerprint density at radius 3 is 2.80 bits per heavy atom. The summed E-state index contributed by atoms with van der Waals surface area (Å²) in [5.74, 6) is 0. The molecule has 0 aromatic heterocycles. The Balaban J connectivity index is 2.50. The van der Waals surface area contributed by atoms with E-state index in [0.29, 0.717) is 12.0 Å². The van der Waals surface area contributed by atoms with Gasteiger partial charge in [-0.05, 0) is 31.1 Å². The number of hydrogen-bond acceptors (Lipinski definition) is 1. The predicted octanol–water partition coefficient (Wildman–Crippen LogP) is 2.12. The monoisotopic (exact) mass is 140 g/mol. The zero-order valence-corrected chi connectivity index (χ0v) is 6.64. The molecule has 1 nitrogen and oxygen atoms in total. The van der Waals surface area contributed by atoms with Crippen LogP contribution in [0.1, 0.15) is 32.6 Å². The van der Waals surface area contributed by atoms with Gasteiger partial charge < -0.3 is 5.11 Å². The molecule has 0 amide bonds. The van der Waals surface area contributed by atoms with Crippen molar-refractivity contribution in [2.24, 2.45) is 5.41 Å². The van der Waals surface area contributed by atoms with Crippen LogP contribution in [-0.2, 0) is 0 Å². The standard InChI is InChI=1S/C9H16O/c1-2-9(7-8-10)5-3-4-6-9/h3,5,10H,2,4,6-8H2,1H3. The summed E-state index contributed by atoms with van der Waals surface area (Å²) < 4.78 is 0. The zero-order valence-electron chi connectivity index (χ0n) is 6.64. The minimum atomic E-state index is 0.332. The zero-order chi connectivity index (χ0) is 7.45. The Bertz CT molecular complexity index is 129. The first kappa shape index (κ1) is 7.80. The van der Waals surface area contributed by atoms with Crippen LogP contribution in [-0.4, -0.2) is 11.7 Å². The Hall–Kier alpha value is -0.300. The van der Waals surface area contributed by atoms with Crippen LogP contribution in [0.4, 0.5) is 0 Å². The lowest BCUT2D eigenvalue weighted by Gasteiger charge is -2.24. The molecule has 1 aliphatic carbocycles. The van der Waals surface area contributed by atoms with Gasteiger partial charge in [-0.15, -0.1) is 0 Å². The summed E-state index contributed by atoms with van der Waals surface area (Å²) in [6.07, 6.45) is 9.07. The predicted molar refractivity (Wildman–Crippen MR) is 42.8 cm³/mol. The van der Waals surface area contributed by atoms with Crippen molar-refractivity contribution < 1.29 is 5.11 Å². The Labute approximate surface area is 62.8 Å². The summed E-state index contributed by atoms with van der Waals surface area (Å²) in [6.45, 7) is 2.53. The maximum atomic E-state index is 8.79. The van der Waals surface area contributed by atoms with E-state index < -0.39 is 0 Å². The van der Waals surface area contributed by atoms with Crippen LogP contribution in [0.3, 0.4) is 0 Å². The van der Waals surface area contributed by atoms with E-state index in [1.165, 1.54) is 19.3 Å². The molecule has 0 spiro atoms. The maximum Gasteiger partial charge on any atom is 0.0439 e. The first-order valence-electron chi connectivity index (χ1n) is 4.11. The fraction of sp³-hybridized carbons (Fsp3) is 0.778. The van der Waals surface area contributed by atoms with Gasteiger partial charge in [0.25, 0.3) is 0 Å². The van der Waals surface area contributed by atoms with Crippen LogP contribution < -0.4 is 0 Å². The third-order valence-electron chi connectivity index (χ3n) is 2.59. The lowest BCUT2D eigenvalue weighted by molar-refractivity contribution is 0.213. The van der Waals surface area contributed by atoms with Gasteiger partial charge in [0.15, 0.2) is 0 Å². The van der Waals surface area contributed by atoms with Crippen molar-refractivity contribution in [1.29, 1.82) is 0 Å². The number of aliphatic hydroxyl groups is 1. The summed E-state index contributed by atoms with van der Waals surface area (Å²) in [5.41, 5.74) is 0.356. The van der Waals surface area contributed by atoms with Gasteiger partial charge in [0.1, 0.15) is 0 Å². The van der Waals surface area contributed by atoms with E-state index in [4.69, 9.17) is 5.11 Å². The Morgan fingerprint density at radius 2 is 2.40 bits per heavy atom. The summed E-state index contributed by atoms with van der Waals surface area (Å²) in [6, 6.07) is 0. The van der Waals surface area contributed by atoms with Crippen LogP contribution >= 0.6 is 0 Å². The summed E-state index contributed by atoms with van der Waals surface area (Å²) >= 11 is 0. The van der Waals surface area contributed by atoms with E-state index in [1.54, 1.807) is 0 Å². The summed E-state index contributed by atoms with van der Waals surface area (Å²) in [4.78, 5) is 0. The van der Waals surface area contributed by atoms with Gasteiger partial charge in [-0.3, -0.25) is 0 Å². The molecule has 1 unspecified atom stereocenters. The molecule has 0 aliphatic heterocycles. The van der Waals surface area contributed by atoms with Gasteiger partial charge in [0, 0.05) is 6.61 Å². The molecule has 0 fully saturated rings. The minimum absolute atomic E-state index is 0.332. The molecule has 0 bridgehead atoms. The molecule has 0 saturated heterocycles. The molecule has 1 N–H and O–H groups in total. The average Bonchev–Trinajstić information content (AvgIpc) is 2.39. The maximum absolute atomic E-state index is 8.79. The van der Waals surface area contributed by atoms with E-state index in [9.17, 15) is 0 Å². The lowest BCUT2D eigenvalue weighted by atomic mass is 9.82. The molecule has 1 aliphatic rings. The molecular weight excluding hydrogens is 124 g/mol. The summed E-state index contributed by atoms with van der Waals surface area (Å²) in [7, 11) is 0. The van der Waals surface area contributed by atoms with E-state index in [-0.39, 0.29) is 0 Å². The van der Waals surface area contributed by atoms with Gasteiger partial charge in [0.05, 0.1) is 0 Å². The third kappa shape index (κ3) is 1.40. The second-order valence-electron chi connectivity index (χ2n) is 3.13. The molecule has 0 aromatic carbocycles. The number of allylic oxidation sites excluding steroid dienone is 2. The van der Waals surface area contributed by atoms with Crippen molar-refractivity contribution in [3.63, 3.8) is 0 Å². The third-order valence-corrected chi connectivity index (χ3v) is 2.59. The SMILES string of the molecule is CCC1(CCO)C=CCC1. The minimum Gasteiger partial charge on any atom is -0.396 e. The Kier molecular flexibility index (Phi) is 2.50. The van der Waals surface area contributed by atoms with Gasteiger partial charge in [-0.1, -0.05) is 19.1 Å².